The van der Waals surface area contributed by atoms with Gasteiger partial charge in [0, 0.05) is 36.6 Å². The Morgan fingerprint density at radius 1 is 0.280 bits per heavy atom. The second kappa shape index (κ2) is 10.6. The number of rotatable bonds is 3. The van der Waals surface area contributed by atoms with Gasteiger partial charge >= 0.3 is 0 Å². The molecule has 232 valence electrons. The Balaban J connectivity index is 1.06. The first-order chi connectivity index (χ1) is 24.8. The quantitative estimate of drug-likeness (QED) is 0.168. The minimum Gasteiger partial charge on any atom is -0.309 e. The number of para-hydroxylation sites is 1. The van der Waals surface area contributed by atoms with Crippen LogP contribution < -0.4 is 0 Å². The molecule has 11 rings (SSSR count). The Labute approximate surface area is 292 Å². The summed E-state index contributed by atoms with van der Waals surface area (Å²) in [5.41, 5.74) is 8.52. The summed E-state index contributed by atoms with van der Waals surface area (Å²) in [6.45, 7) is 0. The fourth-order valence-electron chi connectivity index (χ4n) is 8.25. The molecule has 9 aromatic carbocycles. The molecule has 0 aliphatic carbocycles. The number of fused-ring (bicyclic) bond motifs is 12. The summed E-state index contributed by atoms with van der Waals surface area (Å²) in [6, 6.07) is 65.0. The molecule has 50 heavy (non-hydrogen) atoms. The van der Waals surface area contributed by atoms with Crippen molar-refractivity contribution in [1.29, 1.82) is 0 Å². The van der Waals surface area contributed by atoms with Crippen LogP contribution in [0.2, 0.25) is 0 Å². The summed E-state index contributed by atoms with van der Waals surface area (Å²) in [6.07, 6.45) is 0. The predicted octanol–water partition coefficient (Wildman–Crippen LogP) is 13.9. The first kappa shape index (κ1) is 27.7. The summed E-state index contributed by atoms with van der Waals surface area (Å²) >= 11 is 1.87. The number of thiophene rings is 1. The molecule has 0 aliphatic rings. The highest BCUT2D eigenvalue weighted by Gasteiger charge is 2.15. The average Bonchev–Trinajstić information content (AvgIpc) is 3.73. The molecule has 11 aromatic rings. The zero-order valence-electron chi connectivity index (χ0n) is 27.1. The highest BCUT2D eigenvalue weighted by molar-refractivity contribution is 7.25. The van der Waals surface area contributed by atoms with E-state index >= 15 is 0 Å². The van der Waals surface area contributed by atoms with E-state index in [9.17, 15) is 0 Å². The topological polar surface area (TPSA) is 4.93 Å². The van der Waals surface area contributed by atoms with Crippen LogP contribution in [0.4, 0.5) is 0 Å². The van der Waals surface area contributed by atoms with Gasteiger partial charge in [0.25, 0.3) is 0 Å². The SMILES string of the molecule is c1cc(-c2ccc3c4ccccc4c4ccccc4c3c2)cc(-n2c3ccccc3c3cc(-c4ccc5c(c4)sc4ccccc45)ccc32)c1. The van der Waals surface area contributed by atoms with Gasteiger partial charge in [-0.15, -0.1) is 11.3 Å². The van der Waals surface area contributed by atoms with Gasteiger partial charge in [0.2, 0.25) is 0 Å². The van der Waals surface area contributed by atoms with Gasteiger partial charge < -0.3 is 4.57 Å². The largest absolute Gasteiger partial charge is 0.309 e. The number of nitrogens with zero attached hydrogens (tertiary/aromatic N) is 1. The first-order valence-corrected chi connectivity index (χ1v) is 18.0. The minimum absolute atomic E-state index is 1.16. The van der Waals surface area contributed by atoms with Crippen LogP contribution in [0.15, 0.2) is 176 Å². The van der Waals surface area contributed by atoms with Gasteiger partial charge in [0.05, 0.1) is 11.0 Å². The molecule has 0 atom stereocenters. The number of aromatic nitrogens is 1. The Kier molecular flexibility index (Phi) is 5.89. The fraction of sp³-hybridized carbons (Fsp3) is 0. The number of hydrogen-bond acceptors (Lipinski definition) is 1. The summed E-state index contributed by atoms with van der Waals surface area (Å²) in [5.74, 6) is 0. The van der Waals surface area contributed by atoms with E-state index in [4.69, 9.17) is 0 Å². The van der Waals surface area contributed by atoms with Crippen LogP contribution in [-0.4, -0.2) is 4.57 Å². The van der Waals surface area contributed by atoms with Gasteiger partial charge in [-0.2, -0.15) is 0 Å². The van der Waals surface area contributed by atoms with E-state index in [1.807, 2.05) is 11.3 Å². The maximum Gasteiger partial charge on any atom is 0.0541 e. The van der Waals surface area contributed by atoms with Gasteiger partial charge in [-0.1, -0.05) is 127 Å². The van der Waals surface area contributed by atoms with Crippen molar-refractivity contribution in [2.45, 2.75) is 0 Å². The van der Waals surface area contributed by atoms with Crippen LogP contribution in [0.3, 0.4) is 0 Å². The molecule has 2 aromatic heterocycles. The number of benzene rings is 9. The molecule has 2 heterocycles. The van der Waals surface area contributed by atoms with E-state index in [-0.39, 0.29) is 0 Å². The van der Waals surface area contributed by atoms with E-state index in [1.54, 1.807) is 0 Å². The minimum atomic E-state index is 1.16. The zero-order chi connectivity index (χ0) is 32.8. The highest BCUT2D eigenvalue weighted by Crippen LogP contribution is 2.40. The van der Waals surface area contributed by atoms with Crippen molar-refractivity contribution in [1.82, 2.24) is 4.57 Å². The van der Waals surface area contributed by atoms with Gasteiger partial charge in [0.15, 0.2) is 0 Å². The highest BCUT2D eigenvalue weighted by atomic mass is 32.1. The third-order valence-electron chi connectivity index (χ3n) is 10.6. The third kappa shape index (κ3) is 4.06. The molecule has 0 saturated carbocycles. The van der Waals surface area contributed by atoms with Crippen molar-refractivity contribution in [3.63, 3.8) is 0 Å². The Bertz CT molecular complexity index is 3120. The van der Waals surface area contributed by atoms with Gasteiger partial charge in [-0.3, -0.25) is 0 Å². The van der Waals surface area contributed by atoms with E-state index in [0.717, 1.165) is 5.69 Å². The van der Waals surface area contributed by atoms with E-state index in [1.165, 1.54) is 96.5 Å². The molecule has 0 spiro atoms. The molecule has 0 bridgehead atoms. The van der Waals surface area contributed by atoms with Crippen molar-refractivity contribution in [2.75, 3.05) is 0 Å². The maximum atomic E-state index is 2.43. The van der Waals surface area contributed by atoms with Crippen LogP contribution in [0, 0.1) is 0 Å². The lowest BCUT2D eigenvalue weighted by molar-refractivity contribution is 1.18. The fourth-order valence-corrected chi connectivity index (χ4v) is 9.39. The van der Waals surface area contributed by atoms with E-state index in [2.05, 4.69) is 180 Å². The summed E-state index contributed by atoms with van der Waals surface area (Å²) in [7, 11) is 0. The van der Waals surface area contributed by atoms with E-state index in [0.29, 0.717) is 0 Å². The lowest BCUT2D eigenvalue weighted by Gasteiger charge is -2.13. The van der Waals surface area contributed by atoms with Crippen molar-refractivity contribution < 1.29 is 0 Å². The Morgan fingerprint density at radius 2 is 0.780 bits per heavy atom. The lowest BCUT2D eigenvalue weighted by atomic mass is 9.92. The van der Waals surface area contributed by atoms with E-state index < -0.39 is 0 Å². The summed E-state index contributed by atoms with van der Waals surface area (Å²) in [5, 5.41) is 13.0. The van der Waals surface area contributed by atoms with Crippen LogP contribution in [0.5, 0.6) is 0 Å². The lowest BCUT2D eigenvalue weighted by Crippen LogP contribution is -1.94. The third-order valence-corrected chi connectivity index (χ3v) is 11.7. The molecule has 0 radical (unpaired) electrons. The zero-order valence-corrected chi connectivity index (χ0v) is 27.9. The van der Waals surface area contributed by atoms with Gasteiger partial charge in [0.1, 0.15) is 0 Å². The Morgan fingerprint density at radius 3 is 1.54 bits per heavy atom. The van der Waals surface area contributed by atoms with Gasteiger partial charge in [-0.25, -0.2) is 0 Å². The smallest absolute Gasteiger partial charge is 0.0541 e. The van der Waals surface area contributed by atoms with Crippen LogP contribution in [0.25, 0.3) is 102 Å². The molecule has 0 saturated heterocycles. The molecule has 0 N–H and O–H groups in total. The van der Waals surface area contributed by atoms with Crippen molar-refractivity contribution in [3.8, 4) is 27.9 Å². The second-order valence-corrected chi connectivity index (χ2v) is 14.4. The Hall–Kier alpha value is -6.22. The molecule has 0 amide bonds. The molecule has 0 unspecified atom stereocenters. The molecular weight excluding hydrogens is 623 g/mol. The molecule has 0 fully saturated rings. The number of hydrogen-bond donors (Lipinski definition) is 0. The second-order valence-electron chi connectivity index (χ2n) is 13.3. The molecule has 2 heteroatoms. The monoisotopic (exact) mass is 651 g/mol. The standard InChI is InChI=1S/C48H29NS/c1-2-14-37-35(12-1)36-13-3-4-15-38(36)43-27-31(20-23-39(37)43)30-10-9-11-34(26-30)49-45-18-7-5-16-40(45)44-28-32(22-25-46(44)49)33-21-24-42-41-17-6-8-19-47(41)50-48(42)29-33/h1-29H. The normalized spacial score (nSPS) is 12.0. The van der Waals surface area contributed by atoms with Crippen LogP contribution in [-0.2, 0) is 0 Å². The molecule has 0 aliphatic heterocycles. The maximum absolute atomic E-state index is 2.43. The summed E-state index contributed by atoms with van der Waals surface area (Å²) < 4.78 is 5.10. The van der Waals surface area contributed by atoms with Crippen LogP contribution in [0.1, 0.15) is 0 Å². The van der Waals surface area contributed by atoms with Crippen molar-refractivity contribution in [2.24, 2.45) is 0 Å². The predicted molar refractivity (Wildman–Crippen MR) is 217 cm³/mol. The van der Waals surface area contributed by atoms with Crippen molar-refractivity contribution >= 4 is 85.6 Å². The molecular formula is C48H29NS. The average molecular weight is 652 g/mol. The van der Waals surface area contributed by atoms with Crippen LogP contribution >= 0.6 is 11.3 Å². The molecule has 1 nitrogen and oxygen atoms in total. The summed E-state index contributed by atoms with van der Waals surface area (Å²) in [4.78, 5) is 0. The van der Waals surface area contributed by atoms with Gasteiger partial charge in [-0.05, 0) is 103 Å². The first-order valence-electron chi connectivity index (χ1n) is 17.2. The van der Waals surface area contributed by atoms with Crippen molar-refractivity contribution in [3.05, 3.63) is 176 Å².